The summed E-state index contributed by atoms with van der Waals surface area (Å²) < 4.78 is 5.25. The van der Waals surface area contributed by atoms with E-state index in [9.17, 15) is 0 Å². The minimum absolute atomic E-state index is 0.104. The fourth-order valence-corrected chi connectivity index (χ4v) is 3.38. The topological polar surface area (TPSA) is 45.0 Å². The van der Waals surface area contributed by atoms with E-state index in [1.807, 2.05) is 30.0 Å². The summed E-state index contributed by atoms with van der Waals surface area (Å²) >= 11 is 2.04. The lowest BCUT2D eigenvalue weighted by atomic mass is 10.1. The normalized spacial score (nSPS) is 20.5. The molecule has 2 atom stereocenters. The number of hydrogen-bond donors (Lipinski definition) is 1. The molecule has 0 spiro atoms. The van der Waals surface area contributed by atoms with Crippen LogP contribution in [0, 0.1) is 11.3 Å². The monoisotopic (exact) mass is 276 g/mol. The molecule has 0 saturated carbocycles. The van der Waals surface area contributed by atoms with Gasteiger partial charge in [0, 0.05) is 17.8 Å². The Balaban J connectivity index is 1.87. The van der Waals surface area contributed by atoms with Gasteiger partial charge in [-0.3, -0.25) is 0 Å². The number of nitrogens with one attached hydrogen (secondary N) is 1. The van der Waals surface area contributed by atoms with Gasteiger partial charge in [-0.1, -0.05) is 12.1 Å². The van der Waals surface area contributed by atoms with Gasteiger partial charge in [-0.2, -0.15) is 17.0 Å². The van der Waals surface area contributed by atoms with Crippen LogP contribution in [0.5, 0.6) is 5.75 Å². The van der Waals surface area contributed by atoms with Crippen molar-refractivity contribution in [3.05, 3.63) is 29.8 Å². The van der Waals surface area contributed by atoms with Crippen molar-refractivity contribution in [1.82, 2.24) is 5.32 Å². The molecule has 4 heteroatoms. The minimum atomic E-state index is 0.104. The van der Waals surface area contributed by atoms with Crippen molar-refractivity contribution in [2.75, 3.05) is 18.1 Å². The van der Waals surface area contributed by atoms with E-state index in [1.54, 1.807) is 0 Å². The molecule has 2 rings (SSSR count). The van der Waals surface area contributed by atoms with Gasteiger partial charge in [0.05, 0.1) is 0 Å². The fourth-order valence-electron chi connectivity index (χ4n) is 2.29. The number of nitrogens with zero attached hydrogens (tertiary/aromatic N) is 1. The van der Waals surface area contributed by atoms with Crippen LogP contribution in [0.1, 0.15) is 31.4 Å². The summed E-state index contributed by atoms with van der Waals surface area (Å²) in [4.78, 5) is 0. The molecule has 0 radical (unpaired) electrons. The molecule has 102 valence electrons. The molecule has 1 saturated heterocycles. The van der Waals surface area contributed by atoms with Crippen LogP contribution < -0.4 is 10.1 Å². The number of hydrogen-bond acceptors (Lipinski definition) is 4. The predicted octanol–water partition coefficient (Wildman–Crippen LogP) is 3.14. The molecule has 3 nitrogen and oxygen atoms in total. The van der Waals surface area contributed by atoms with Gasteiger partial charge in [-0.15, -0.1) is 0 Å². The van der Waals surface area contributed by atoms with Crippen LogP contribution in [-0.2, 0) is 0 Å². The third-order valence-electron chi connectivity index (χ3n) is 3.33. The number of thioether (sulfide) groups is 1. The maximum atomic E-state index is 8.47. The van der Waals surface area contributed by atoms with Crippen LogP contribution in [0.4, 0.5) is 0 Å². The number of ether oxygens (including phenoxy) is 1. The zero-order chi connectivity index (χ0) is 13.5. The molecular weight excluding hydrogens is 256 g/mol. The lowest BCUT2D eigenvalue weighted by Gasteiger charge is -2.26. The van der Waals surface area contributed by atoms with Crippen molar-refractivity contribution >= 4 is 11.8 Å². The summed E-state index contributed by atoms with van der Waals surface area (Å²) in [7, 11) is 0. The van der Waals surface area contributed by atoms with E-state index >= 15 is 0 Å². The highest BCUT2D eigenvalue weighted by Crippen LogP contribution is 2.22. The quantitative estimate of drug-likeness (QED) is 0.897. The van der Waals surface area contributed by atoms with E-state index < -0.39 is 0 Å². The van der Waals surface area contributed by atoms with Crippen molar-refractivity contribution in [3.63, 3.8) is 0 Å². The maximum Gasteiger partial charge on any atom is 0.174 e. The summed E-state index contributed by atoms with van der Waals surface area (Å²) in [5.74, 6) is 3.27. The molecule has 1 aromatic carbocycles. The Labute approximate surface area is 119 Å². The van der Waals surface area contributed by atoms with Gasteiger partial charge < -0.3 is 10.1 Å². The lowest BCUT2D eigenvalue weighted by Crippen LogP contribution is -2.35. The van der Waals surface area contributed by atoms with Crippen LogP contribution in [0.3, 0.4) is 0 Å². The highest BCUT2D eigenvalue weighted by Gasteiger charge is 2.16. The highest BCUT2D eigenvalue weighted by atomic mass is 32.2. The van der Waals surface area contributed by atoms with E-state index in [0.29, 0.717) is 12.1 Å². The summed E-state index contributed by atoms with van der Waals surface area (Å²) in [5.41, 5.74) is 1.26. The molecule has 1 aromatic rings. The van der Waals surface area contributed by atoms with Crippen LogP contribution in [-0.4, -0.2) is 24.2 Å². The predicted molar refractivity (Wildman–Crippen MR) is 79.4 cm³/mol. The second kappa shape index (κ2) is 7.42. The standard InChI is InChI=1S/C15H20N2OS/c1-12(17-14-3-2-10-19-11-14)13-4-6-15(7-5-13)18-9-8-16/h4-7,12,14,17H,2-3,9-11H2,1H3. The summed E-state index contributed by atoms with van der Waals surface area (Å²) in [6, 6.07) is 11.0. The van der Waals surface area contributed by atoms with Gasteiger partial charge in [-0.25, -0.2) is 0 Å². The maximum absolute atomic E-state index is 8.47. The first-order valence-corrected chi connectivity index (χ1v) is 7.88. The molecule has 1 heterocycles. The molecule has 19 heavy (non-hydrogen) atoms. The van der Waals surface area contributed by atoms with Crippen molar-refractivity contribution in [2.45, 2.75) is 31.8 Å². The zero-order valence-corrected chi connectivity index (χ0v) is 12.1. The average molecular weight is 276 g/mol. The summed E-state index contributed by atoms with van der Waals surface area (Å²) in [6.07, 6.45) is 2.59. The zero-order valence-electron chi connectivity index (χ0n) is 11.3. The first-order valence-electron chi connectivity index (χ1n) is 6.73. The number of benzene rings is 1. The Hall–Kier alpha value is -1.18. The lowest BCUT2D eigenvalue weighted by molar-refractivity contribution is 0.367. The van der Waals surface area contributed by atoms with E-state index in [2.05, 4.69) is 24.4 Å². The van der Waals surface area contributed by atoms with Gasteiger partial charge in [0.25, 0.3) is 0 Å². The molecule has 1 aliphatic heterocycles. The summed E-state index contributed by atoms with van der Waals surface area (Å²) in [5, 5.41) is 12.1. The Morgan fingerprint density at radius 3 is 2.89 bits per heavy atom. The first kappa shape index (κ1) is 14.2. The highest BCUT2D eigenvalue weighted by molar-refractivity contribution is 7.99. The minimum Gasteiger partial charge on any atom is -0.479 e. The molecule has 1 N–H and O–H groups in total. The Morgan fingerprint density at radius 2 is 2.26 bits per heavy atom. The molecule has 0 aromatic heterocycles. The third kappa shape index (κ3) is 4.45. The third-order valence-corrected chi connectivity index (χ3v) is 4.54. The van der Waals surface area contributed by atoms with Crippen molar-refractivity contribution in [2.24, 2.45) is 0 Å². The van der Waals surface area contributed by atoms with Crippen LogP contribution >= 0.6 is 11.8 Å². The summed E-state index contributed by atoms with van der Waals surface area (Å²) in [6.45, 7) is 2.30. The van der Waals surface area contributed by atoms with Gasteiger partial charge in [-0.05, 0) is 43.2 Å². The largest absolute Gasteiger partial charge is 0.479 e. The molecule has 0 aliphatic carbocycles. The van der Waals surface area contributed by atoms with Crippen LogP contribution in [0.15, 0.2) is 24.3 Å². The molecule has 1 aliphatic rings. The van der Waals surface area contributed by atoms with E-state index in [1.165, 1.54) is 29.9 Å². The van der Waals surface area contributed by atoms with Gasteiger partial charge in [0.2, 0.25) is 0 Å². The van der Waals surface area contributed by atoms with E-state index in [4.69, 9.17) is 10.00 Å². The Morgan fingerprint density at radius 1 is 1.47 bits per heavy atom. The second-order valence-corrected chi connectivity index (χ2v) is 5.97. The van der Waals surface area contributed by atoms with Crippen LogP contribution in [0.25, 0.3) is 0 Å². The average Bonchev–Trinajstić information content (AvgIpc) is 2.46. The van der Waals surface area contributed by atoms with Gasteiger partial charge >= 0.3 is 0 Å². The van der Waals surface area contributed by atoms with Crippen molar-refractivity contribution in [3.8, 4) is 11.8 Å². The van der Waals surface area contributed by atoms with E-state index in [0.717, 1.165) is 5.75 Å². The number of rotatable bonds is 5. The molecule has 0 bridgehead atoms. The van der Waals surface area contributed by atoms with E-state index in [-0.39, 0.29) is 6.61 Å². The van der Waals surface area contributed by atoms with Gasteiger partial charge in [0.15, 0.2) is 6.61 Å². The fraction of sp³-hybridized carbons (Fsp3) is 0.533. The smallest absolute Gasteiger partial charge is 0.174 e. The molecule has 2 unspecified atom stereocenters. The van der Waals surface area contributed by atoms with Crippen molar-refractivity contribution < 1.29 is 4.74 Å². The Kier molecular flexibility index (Phi) is 5.56. The van der Waals surface area contributed by atoms with Crippen molar-refractivity contribution in [1.29, 1.82) is 5.26 Å². The molecule has 1 fully saturated rings. The van der Waals surface area contributed by atoms with Gasteiger partial charge in [0.1, 0.15) is 11.8 Å². The second-order valence-electron chi connectivity index (χ2n) is 4.82. The SMILES string of the molecule is CC(NC1CCCSC1)c1ccc(OCC#N)cc1. The van der Waals surface area contributed by atoms with Crippen LogP contribution in [0.2, 0.25) is 0 Å². The Bertz CT molecular complexity index is 421. The number of nitriles is 1. The molecular formula is C15H20N2OS. The first-order chi connectivity index (χ1) is 9.29. The molecule has 0 amide bonds.